The van der Waals surface area contributed by atoms with E-state index in [0.29, 0.717) is 16.1 Å². The Bertz CT molecular complexity index is 1040. The number of ether oxygens (including phenoxy) is 2. The maximum atomic E-state index is 13.0. The third-order valence-electron chi connectivity index (χ3n) is 4.71. The second-order valence-corrected chi connectivity index (χ2v) is 8.51. The van der Waals surface area contributed by atoms with Gasteiger partial charge in [-0.2, -0.15) is 0 Å². The Morgan fingerprint density at radius 2 is 1.77 bits per heavy atom. The van der Waals surface area contributed by atoms with Crippen LogP contribution in [0.1, 0.15) is 44.9 Å². The van der Waals surface area contributed by atoms with Crippen molar-refractivity contribution in [2.45, 2.75) is 46.0 Å². The molecular weight excluding hydrogens is 400 g/mol. The minimum Gasteiger partial charge on any atom is -0.464 e. The number of fused-ring (bicyclic) bond motifs is 1. The van der Waals surface area contributed by atoms with E-state index in [-0.39, 0.29) is 13.2 Å². The zero-order valence-corrected chi connectivity index (χ0v) is 18.5. The highest BCUT2D eigenvalue weighted by Gasteiger charge is 2.33. The average Bonchev–Trinajstić information content (AvgIpc) is 2.71. The molecule has 4 nitrogen and oxygen atoms in total. The zero-order valence-electron chi connectivity index (χ0n) is 17.7. The third kappa shape index (κ3) is 4.84. The van der Waals surface area contributed by atoms with Crippen LogP contribution in [0.4, 0.5) is 0 Å². The lowest BCUT2D eigenvalue weighted by Gasteiger charge is -2.30. The van der Waals surface area contributed by atoms with Crippen LogP contribution in [0.15, 0.2) is 54.6 Å². The van der Waals surface area contributed by atoms with Crippen LogP contribution in [0.5, 0.6) is 0 Å². The van der Waals surface area contributed by atoms with Gasteiger partial charge in [0.15, 0.2) is 6.10 Å². The van der Waals surface area contributed by atoms with Crippen molar-refractivity contribution in [3.05, 3.63) is 70.7 Å². The van der Waals surface area contributed by atoms with Gasteiger partial charge in [-0.1, -0.05) is 48.0 Å². The highest BCUT2D eigenvalue weighted by molar-refractivity contribution is 6.30. The molecule has 1 N–H and O–H groups in total. The molecule has 1 atom stereocenters. The van der Waals surface area contributed by atoms with Gasteiger partial charge in [-0.25, -0.2) is 4.79 Å². The molecule has 0 spiro atoms. The highest BCUT2D eigenvalue weighted by atomic mass is 35.5. The maximum absolute atomic E-state index is 13.0. The number of hydrogen-bond acceptors (Lipinski definition) is 4. The monoisotopic (exact) mass is 426 g/mol. The smallest absolute Gasteiger partial charge is 0.339 e. The Hall–Kier alpha value is -2.40. The molecule has 158 valence electrons. The number of halogens is 1. The van der Waals surface area contributed by atoms with E-state index in [2.05, 4.69) is 0 Å². The normalized spacial score (nSPS) is 12.7. The standard InChI is InChI=1S/C25H27ClO4/c1-5-29-24(28)23(30-25(2,3)4)22-18(15-27)14-17-8-6-7-9-20(17)21(22)16-10-12-19(26)13-11-16/h6-14,23,27H,5,15H2,1-4H3/t23-/m0/s1. The maximum Gasteiger partial charge on any atom is 0.339 e. The summed E-state index contributed by atoms with van der Waals surface area (Å²) in [5, 5.41) is 12.8. The Morgan fingerprint density at radius 1 is 1.10 bits per heavy atom. The first kappa shape index (κ1) is 22.3. The van der Waals surface area contributed by atoms with Crippen LogP contribution in [-0.4, -0.2) is 23.3 Å². The number of benzene rings is 3. The van der Waals surface area contributed by atoms with Gasteiger partial charge in [-0.15, -0.1) is 0 Å². The van der Waals surface area contributed by atoms with E-state index in [0.717, 1.165) is 21.9 Å². The molecular formula is C25H27ClO4. The van der Waals surface area contributed by atoms with Gasteiger partial charge in [-0.05, 0) is 73.4 Å². The van der Waals surface area contributed by atoms with E-state index in [9.17, 15) is 9.90 Å². The molecule has 30 heavy (non-hydrogen) atoms. The molecule has 0 saturated heterocycles. The topological polar surface area (TPSA) is 55.8 Å². The summed E-state index contributed by atoms with van der Waals surface area (Å²) in [5.41, 5.74) is 2.35. The summed E-state index contributed by atoms with van der Waals surface area (Å²) < 4.78 is 11.6. The van der Waals surface area contributed by atoms with Crippen LogP contribution in [-0.2, 0) is 20.9 Å². The SMILES string of the molecule is CCOC(=O)[C@@H](OC(C)(C)C)c1c(CO)cc2ccccc2c1-c1ccc(Cl)cc1. The molecule has 5 heteroatoms. The lowest BCUT2D eigenvalue weighted by Crippen LogP contribution is -2.30. The van der Waals surface area contributed by atoms with Gasteiger partial charge in [0, 0.05) is 10.6 Å². The van der Waals surface area contributed by atoms with Gasteiger partial charge in [0.1, 0.15) is 0 Å². The summed E-state index contributed by atoms with van der Waals surface area (Å²) in [5.74, 6) is -0.479. The van der Waals surface area contributed by atoms with Crippen LogP contribution < -0.4 is 0 Å². The molecule has 0 radical (unpaired) electrons. The lowest BCUT2D eigenvalue weighted by atomic mass is 9.87. The van der Waals surface area contributed by atoms with E-state index < -0.39 is 17.7 Å². The van der Waals surface area contributed by atoms with Crippen molar-refractivity contribution >= 4 is 28.3 Å². The number of esters is 1. The first-order valence-electron chi connectivity index (χ1n) is 10.0. The predicted molar refractivity (Wildman–Crippen MR) is 121 cm³/mol. The van der Waals surface area contributed by atoms with Crippen LogP contribution in [0.3, 0.4) is 0 Å². The van der Waals surface area contributed by atoms with Gasteiger partial charge in [0.05, 0.1) is 18.8 Å². The molecule has 3 aromatic rings. The molecule has 0 fully saturated rings. The van der Waals surface area contributed by atoms with Gasteiger partial charge < -0.3 is 14.6 Å². The van der Waals surface area contributed by atoms with Crippen molar-refractivity contribution in [3.63, 3.8) is 0 Å². The number of aliphatic hydroxyl groups is 1. The van der Waals surface area contributed by atoms with Crippen molar-refractivity contribution in [3.8, 4) is 11.1 Å². The van der Waals surface area contributed by atoms with Crippen molar-refractivity contribution in [2.75, 3.05) is 6.61 Å². The highest BCUT2D eigenvalue weighted by Crippen LogP contribution is 2.41. The number of carbonyl (C=O) groups is 1. The Kier molecular flexibility index (Phi) is 6.81. The number of carbonyl (C=O) groups excluding carboxylic acids is 1. The lowest BCUT2D eigenvalue weighted by molar-refractivity contribution is -0.166. The summed E-state index contributed by atoms with van der Waals surface area (Å²) in [6, 6.07) is 17.2. The summed E-state index contributed by atoms with van der Waals surface area (Å²) in [7, 11) is 0. The summed E-state index contributed by atoms with van der Waals surface area (Å²) in [6.07, 6.45) is -0.984. The second-order valence-electron chi connectivity index (χ2n) is 8.07. The average molecular weight is 427 g/mol. The number of aliphatic hydroxyl groups excluding tert-OH is 1. The second kappa shape index (κ2) is 9.17. The Labute approximate surface area is 182 Å². The molecule has 3 aromatic carbocycles. The fourth-order valence-electron chi connectivity index (χ4n) is 3.58. The van der Waals surface area contributed by atoms with Gasteiger partial charge in [0.25, 0.3) is 0 Å². The van der Waals surface area contributed by atoms with Crippen molar-refractivity contribution in [2.24, 2.45) is 0 Å². The molecule has 0 aliphatic carbocycles. The molecule has 0 unspecified atom stereocenters. The zero-order chi connectivity index (χ0) is 21.9. The van der Waals surface area contributed by atoms with E-state index in [1.807, 2.05) is 75.4 Å². The van der Waals surface area contributed by atoms with E-state index in [1.54, 1.807) is 6.92 Å². The fraction of sp³-hybridized carbons (Fsp3) is 0.320. The van der Waals surface area contributed by atoms with Gasteiger partial charge >= 0.3 is 5.97 Å². The first-order valence-corrected chi connectivity index (χ1v) is 10.4. The van der Waals surface area contributed by atoms with E-state index in [4.69, 9.17) is 21.1 Å². The summed E-state index contributed by atoms with van der Waals surface area (Å²) in [4.78, 5) is 13.0. The largest absolute Gasteiger partial charge is 0.464 e. The molecule has 0 aliphatic heterocycles. The molecule has 0 amide bonds. The van der Waals surface area contributed by atoms with E-state index in [1.165, 1.54) is 0 Å². The molecule has 0 aromatic heterocycles. The van der Waals surface area contributed by atoms with Crippen molar-refractivity contribution < 1.29 is 19.4 Å². The van der Waals surface area contributed by atoms with Gasteiger partial charge in [-0.3, -0.25) is 0 Å². The molecule has 0 bridgehead atoms. The van der Waals surface area contributed by atoms with Gasteiger partial charge in [0.2, 0.25) is 0 Å². The fourth-order valence-corrected chi connectivity index (χ4v) is 3.70. The summed E-state index contributed by atoms with van der Waals surface area (Å²) >= 11 is 6.12. The molecule has 3 rings (SSSR count). The Balaban J connectivity index is 2.38. The van der Waals surface area contributed by atoms with Crippen LogP contribution in [0.25, 0.3) is 21.9 Å². The third-order valence-corrected chi connectivity index (χ3v) is 4.96. The molecule has 0 saturated carbocycles. The molecule has 0 aliphatic rings. The van der Waals surface area contributed by atoms with Crippen LogP contribution in [0.2, 0.25) is 5.02 Å². The summed E-state index contributed by atoms with van der Waals surface area (Å²) in [6.45, 7) is 7.44. The minimum absolute atomic E-state index is 0.232. The Morgan fingerprint density at radius 3 is 2.37 bits per heavy atom. The molecule has 0 heterocycles. The van der Waals surface area contributed by atoms with Crippen molar-refractivity contribution in [1.29, 1.82) is 0 Å². The minimum atomic E-state index is -0.984. The predicted octanol–water partition coefficient (Wildman–Crippen LogP) is 6.07. The first-order chi connectivity index (χ1) is 14.2. The number of hydrogen-bond donors (Lipinski definition) is 1. The van der Waals surface area contributed by atoms with Crippen molar-refractivity contribution in [1.82, 2.24) is 0 Å². The van der Waals surface area contributed by atoms with Crippen LogP contribution >= 0.6 is 11.6 Å². The van der Waals surface area contributed by atoms with Crippen LogP contribution in [0, 0.1) is 0 Å². The quantitative estimate of drug-likeness (QED) is 0.486. The van der Waals surface area contributed by atoms with E-state index >= 15 is 0 Å². The number of rotatable bonds is 6.